The predicted octanol–water partition coefficient (Wildman–Crippen LogP) is -0.673. The van der Waals surface area contributed by atoms with Crippen LogP contribution in [0.15, 0.2) is 18.3 Å². The molecule has 1 aromatic rings. The van der Waals surface area contributed by atoms with Gasteiger partial charge in [-0.1, -0.05) is 0 Å². The van der Waals surface area contributed by atoms with Gasteiger partial charge in [0.25, 0.3) is 5.91 Å². The van der Waals surface area contributed by atoms with Crippen LogP contribution in [-0.2, 0) is 4.79 Å². The Morgan fingerprint density at radius 2 is 2.18 bits per heavy atom. The second kappa shape index (κ2) is 7.19. The minimum atomic E-state index is -0.945. The fraction of sp³-hybridized carbons (Fsp3) is 0.500. The number of aliphatic hydroxyl groups excluding tert-OH is 1. The van der Waals surface area contributed by atoms with Gasteiger partial charge in [0, 0.05) is 45.0 Å². The lowest BCUT2D eigenvalue weighted by atomic mass is 10.2. The molecule has 1 aromatic heterocycles. The number of carboxylic acids is 1. The Balaban J connectivity index is 2.07. The number of amides is 1. The molecular formula is C14H20N4O4. The van der Waals surface area contributed by atoms with Crippen molar-refractivity contribution in [1.29, 1.82) is 0 Å². The van der Waals surface area contributed by atoms with Crippen molar-refractivity contribution in [2.24, 2.45) is 0 Å². The maximum atomic E-state index is 12.5. The van der Waals surface area contributed by atoms with Gasteiger partial charge in [-0.2, -0.15) is 0 Å². The fourth-order valence-corrected chi connectivity index (χ4v) is 2.46. The molecule has 0 radical (unpaired) electrons. The van der Waals surface area contributed by atoms with Crippen LogP contribution in [0.4, 0.5) is 5.82 Å². The third-order valence-electron chi connectivity index (χ3n) is 3.50. The highest BCUT2D eigenvalue weighted by Gasteiger charge is 2.26. The number of rotatable bonds is 4. The van der Waals surface area contributed by atoms with Crippen LogP contribution in [0.25, 0.3) is 0 Å². The van der Waals surface area contributed by atoms with Crippen LogP contribution >= 0.6 is 0 Å². The standard InChI is InChI=1S/C14H20N4O4/c1-15-12-6-10(2-3-16-12)14(22)18-5-4-17(9-13(20)21)7-11(19)8-18/h2-3,6,11,19H,4-5,7-9H2,1H3,(H,15,16)(H,20,21)/t11-/m0/s1. The van der Waals surface area contributed by atoms with Gasteiger partial charge in [0.2, 0.25) is 0 Å². The van der Waals surface area contributed by atoms with Crippen molar-refractivity contribution in [3.8, 4) is 0 Å². The maximum absolute atomic E-state index is 12.5. The number of nitrogens with one attached hydrogen (secondary N) is 1. The molecule has 0 aromatic carbocycles. The predicted molar refractivity (Wildman–Crippen MR) is 79.8 cm³/mol. The first-order valence-corrected chi connectivity index (χ1v) is 7.05. The number of hydrogen-bond donors (Lipinski definition) is 3. The molecule has 3 N–H and O–H groups in total. The van der Waals surface area contributed by atoms with Crippen LogP contribution in [0, 0.1) is 0 Å². The molecule has 1 fully saturated rings. The van der Waals surface area contributed by atoms with Gasteiger partial charge < -0.3 is 20.4 Å². The molecule has 8 nitrogen and oxygen atoms in total. The van der Waals surface area contributed by atoms with Crippen molar-refractivity contribution < 1.29 is 19.8 Å². The largest absolute Gasteiger partial charge is 0.480 e. The van der Waals surface area contributed by atoms with Crippen molar-refractivity contribution in [2.75, 3.05) is 45.1 Å². The van der Waals surface area contributed by atoms with Gasteiger partial charge in [0.15, 0.2) is 0 Å². The Bertz CT molecular complexity index is 551. The van der Waals surface area contributed by atoms with Crippen molar-refractivity contribution in [2.45, 2.75) is 6.10 Å². The second-order valence-corrected chi connectivity index (χ2v) is 5.21. The van der Waals surface area contributed by atoms with E-state index in [0.717, 1.165) is 0 Å². The van der Waals surface area contributed by atoms with Crippen LogP contribution < -0.4 is 5.32 Å². The summed E-state index contributed by atoms with van der Waals surface area (Å²) in [6, 6.07) is 3.27. The number of anilines is 1. The van der Waals surface area contributed by atoms with Gasteiger partial charge in [0.1, 0.15) is 5.82 Å². The van der Waals surface area contributed by atoms with E-state index in [1.54, 1.807) is 35.2 Å². The van der Waals surface area contributed by atoms with Crippen molar-refractivity contribution >= 4 is 17.7 Å². The third kappa shape index (κ3) is 4.15. The zero-order valence-corrected chi connectivity index (χ0v) is 12.4. The Morgan fingerprint density at radius 1 is 1.41 bits per heavy atom. The highest BCUT2D eigenvalue weighted by atomic mass is 16.4. The average Bonchev–Trinajstić information content (AvgIpc) is 2.67. The summed E-state index contributed by atoms with van der Waals surface area (Å²) in [5, 5.41) is 21.7. The first kappa shape index (κ1) is 16.2. The van der Waals surface area contributed by atoms with E-state index in [-0.39, 0.29) is 25.5 Å². The summed E-state index contributed by atoms with van der Waals surface area (Å²) in [5.41, 5.74) is 0.484. The number of β-amino-alcohol motifs (C(OH)–C–C–N with tert-alkyl or cyclic N) is 1. The summed E-state index contributed by atoms with van der Waals surface area (Å²) in [6.45, 7) is 1.08. The molecule has 1 aliphatic rings. The van der Waals surface area contributed by atoms with E-state index in [0.29, 0.717) is 24.5 Å². The topological polar surface area (TPSA) is 106 Å². The third-order valence-corrected chi connectivity index (χ3v) is 3.50. The highest BCUT2D eigenvalue weighted by molar-refractivity contribution is 5.94. The summed E-state index contributed by atoms with van der Waals surface area (Å²) >= 11 is 0. The number of carbonyl (C=O) groups is 2. The summed E-state index contributed by atoms with van der Waals surface area (Å²) in [4.78, 5) is 30.5. The first-order chi connectivity index (χ1) is 10.5. The number of aromatic nitrogens is 1. The van der Waals surface area contributed by atoms with E-state index in [4.69, 9.17) is 5.11 Å². The lowest BCUT2D eigenvalue weighted by Crippen LogP contribution is -2.37. The smallest absolute Gasteiger partial charge is 0.317 e. The van der Waals surface area contributed by atoms with Gasteiger partial charge in [-0.15, -0.1) is 0 Å². The number of aliphatic hydroxyl groups is 1. The number of nitrogens with zero attached hydrogens (tertiary/aromatic N) is 3. The molecule has 0 aliphatic carbocycles. The number of aliphatic carboxylic acids is 1. The van der Waals surface area contributed by atoms with E-state index in [1.165, 1.54) is 0 Å². The molecule has 120 valence electrons. The van der Waals surface area contributed by atoms with Gasteiger partial charge in [0.05, 0.1) is 12.6 Å². The maximum Gasteiger partial charge on any atom is 0.317 e. The van der Waals surface area contributed by atoms with Crippen LogP contribution in [0.2, 0.25) is 0 Å². The average molecular weight is 308 g/mol. The molecule has 0 unspecified atom stereocenters. The molecule has 1 atom stereocenters. The molecule has 8 heteroatoms. The zero-order valence-electron chi connectivity index (χ0n) is 12.4. The Morgan fingerprint density at radius 3 is 2.86 bits per heavy atom. The van der Waals surface area contributed by atoms with Gasteiger partial charge in [-0.05, 0) is 12.1 Å². The van der Waals surface area contributed by atoms with Gasteiger partial charge in [-0.3, -0.25) is 14.5 Å². The SMILES string of the molecule is CNc1cc(C(=O)N2CCN(CC(=O)O)C[C@H](O)C2)ccn1. The minimum absolute atomic E-state index is 0.141. The van der Waals surface area contributed by atoms with Crippen LogP contribution in [0.1, 0.15) is 10.4 Å². The summed E-state index contributed by atoms with van der Waals surface area (Å²) in [6.07, 6.45) is 0.778. The number of carboxylic acid groups (broad SMARTS) is 1. The molecular weight excluding hydrogens is 288 g/mol. The van der Waals surface area contributed by atoms with E-state index < -0.39 is 12.1 Å². The van der Waals surface area contributed by atoms with E-state index in [9.17, 15) is 14.7 Å². The fourth-order valence-electron chi connectivity index (χ4n) is 2.46. The second-order valence-electron chi connectivity index (χ2n) is 5.21. The van der Waals surface area contributed by atoms with Gasteiger partial charge in [-0.25, -0.2) is 4.98 Å². The number of carbonyl (C=O) groups excluding carboxylic acids is 1. The van der Waals surface area contributed by atoms with E-state index >= 15 is 0 Å². The van der Waals surface area contributed by atoms with E-state index in [1.807, 2.05) is 0 Å². The first-order valence-electron chi connectivity index (χ1n) is 7.05. The molecule has 2 rings (SSSR count). The molecule has 0 bridgehead atoms. The molecule has 0 saturated carbocycles. The Hall–Kier alpha value is -2.19. The monoisotopic (exact) mass is 308 g/mol. The minimum Gasteiger partial charge on any atom is -0.480 e. The molecule has 2 heterocycles. The Labute approximate surface area is 128 Å². The molecule has 1 saturated heterocycles. The molecule has 1 aliphatic heterocycles. The van der Waals surface area contributed by atoms with Crippen LogP contribution in [0.5, 0.6) is 0 Å². The highest BCUT2D eigenvalue weighted by Crippen LogP contribution is 2.12. The van der Waals surface area contributed by atoms with Crippen molar-refractivity contribution in [1.82, 2.24) is 14.8 Å². The lowest BCUT2D eigenvalue weighted by molar-refractivity contribution is -0.138. The van der Waals surface area contributed by atoms with Gasteiger partial charge >= 0.3 is 5.97 Å². The van der Waals surface area contributed by atoms with Crippen LogP contribution in [-0.4, -0.2) is 82.7 Å². The Kier molecular flexibility index (Phi) is 5.29. The van der Waals surface area contributed by atoms with Crippen LogP contribution in [0.3, 0.4) is 0 Å². The lowest BCUT2D eigenvalue weighted by Gasteiger charge is -2.22. The molecule has 1 amide bonds. The summed E-state index contributed by atoms with van der Waals surface area (Å²) in [5.74, 6) is -0.552. The summed E-state index contributed by atoms with van der Waals surface area (Å²) < 4.78 is 0. The van der Waals surface area contributed by atoms with Crippen molar-refractivity contribution in [3.63, 3.8) is 0 Å². The zero-order chi connectivity index (χ0) is 16.1. The van der Waals surface area contributed by atoms with E-state index in [2.05, 4.69) is 10.3 Å². The molecule has 22 heavy (non-hydrogen) atoms. The summed E-state index contributed by atoms with van der Waals surface area (Å²) in [7, 11) is 1.72. The quantitative estimate of drug-likeness (QED) is 0.677. The number of pyridine rings is 1. The normalized spacial score (nSPS) is 19.5. The van der Waals surface area contributed by atoms with Crippen molar-refractivity contribution in [3.05, 3.63) is 23.9 Å². The number of hydrogen-bond acceptors (Lipinski definition) is 6. The molecule has 0 spiro atoms.